The van der Waals surface area contributed by atoms with Crippen molar-refractivity contribution in [1.29, 1.82) is 0 Å². The summed E-state index contributed by atoms with van der Waals surface area (Å²) in [5.74, 6) is 0.144. The molecule has 18 heavy (non-hydrogen) atoms. The highest BCUT2D eigenvalue weighted by Crippen LogP contribution is 2.51. The van der Waals surface area contributed by atoms with E-state index in [-0.39, 0.29) is 22.7 Å². The molecule has 2 aliphatic rings. The SMILES string of the molecule is O=[N+]([O-])[C@@H]1[C@H](c2ccc(Cl)cc2Cl)[C@@H]2C=C[C@H]1C2. The first-order valence-corrected chi connectivity index (χ1v) is 6.60. The lowest BCUT2D eigenvalue weighted by molar-refractivity contribution is -0.530. The van der Waals surface area contributed by atoms with E-state index >= 15 is 0 Å². The number of rotatable bonds is 2. The number of hydrogen-bond donors (Lipinski definition) is 0. The zero-order valence-corrected chi connectivity index (χ0v) is 10.9. The summed E-state index contributed by atoms with van der Waals surface area (Å²) in [7, 11) is 0. The molecule has 1 saturated carbocycles. The van der Waals surface area contributed by atoms with E-state index < -0.39 is 6.04 Å². The normalized spacial score (nSPS) is 33.0. The Labute approximate surface area is 115 Å². The molecule has 1 aromatic rings. The van der Waals surface area contributed by atoms with Crippen LogP contribution < -0.4 is 0 Å². The Bertz CT molecular complexity index is 544. The van der Waals surface area contributed by atoms with E-state index in [1.807, 2.05) is 12.1 Å². The molecule has 0 N–H and O–H groups in total. The van der Waals surface area contributed by atoms with Crippen molar-refractivity contribution in [3.8, 4) is 0 Å². The largest absolute Gasteiger partial charge is 0.264 e. The van der Waals surface area contributed by atoms with Crippen LogP contribution in [0.1, 0.15) is 17.9 Å². The smallest absolute Gasteiger partial charge is 0.226 e. The van der Waals surface area contributed by atoms with E-state index in [4.69, 9.17) is 23.2 Å². The highest BCUT2D eigenvalue weighted by Gasteiger charge is 2.52. The minimum Gasteiger partial charge on any atom is -0.264 e. The second kappa shape index (κ2) is 4.25. The van der Waals surface area contributed by atoms with Gasteiger partial charge in [-0.1, -0.05) is 41.4 Å². The second-order valence-corrected chi connectivity index (χ2v) is 5.76. The van der Waals surface area contributed by atoms with Crippen LogP contribution in [0.5, 0.6) is 0 Å². The Hall–Kier alpha value is -1.06. The van der Waals surface area contributed by atoms with Gasteiger partial charge in [-0.3, -0.25) is 10.1 Å². The Balaban J connectivity index is 2.05. The fraction of sp³-hybridized carbons (Fsp3) is 0.385. The van der Waals surface area contributed by atoms with Gasteiger partial charge in [-0.05, 0) is 30.0 Å². The maximum Gasteiger partial charge on any atom is 0.226 e. The summed E-state index contributed by atoms with van der Waals surface area (Å²) in [5, 5.41) is 12.3. The van der Waals surface area contributed by atoms with Gasteiger partial charge in [0.2, 0.25) is 6.04 Å². The molecule has 2 bridgehead atoms. The molecular formula is C13H11Cl2NO2. The summed E-state index contributed by atoms with van der Waals surface area (Å²) in [6.45, 7) is 0. The zero-order chi connectivity index (χ0) is 12.9. The Morgan fingerprint density at radius 2 is 1.94 bits per heavy atom. The standard InChI is InChI=1S/C13H11Cl2NO2/c14-9-3-4-10(11(15)6-9)12-7-1-2-8(5-7)13(12)16(17)18/h1-4,6-8,12-13H,5H2/t7-,8+,12+,13+/m1/s1. The number of fused-ring (bicyclic) bond motifs is 2. The van der Waals surface area contributed by atoms with Crippen molar-refractivity contribution >= 4 is 23.2 Å². The van der Waals surface area contributed by atoms with Crippen LogP contribution in [0.3, 0.4) is 0 Å². The van der Waals surface area contributed by atoms with Gasteiger partial charge in [-0.25, -0.2) is 0 Å². The van der Waals surface area contributed by atoms with Crippen molar-refractivity contribution in [2.45, 2.75) is 18.4 Å². The van der Waals surface area contributed by atoms with E-state index in [0.717, 1.165) is 12.0 Å². The Kier molecular flexibility index (Phi) is 2.83. The average Bonchev–Trinajstić information content (AvgIpc) is 2.88. The van der Waals surface area contributed by atoms with Crippen molar-refractivity contribution in [2.75, 3.05) is 0 Å². The van der Waals surface area contributed by atoms with E-state index in [1.165, 1.54) is 0 Å². The molecule has 0 saturated heterocycles. The van der Waals surface area contributed by atoms with Crippen molar-refractivity contribution in [2.24, 2.45) is 11.8 Å². The van der Waals surface area contributed by atoms with Gasteiger partial charge < -0.3 is 0 Å². The minimum atomic E-state index is -0.557. The second-order valence-electron chi connectivity index (χ2n) is 4.92. The molecule has 0 amide bonds. The van der Waals surface area contributed by atoms with Crippen molar-refractivity contribution in [1.82, 2.24) is 0 Å². The quantitative estimate of drug-likeness (QED) is 0.469. The maximum absolute atomic E-state index is 11.3. The third-order valence-electron chi connectivity index (χ3n) is 3.98. The first kappa shape index (κ1) is 12.0. The fourth-order valence-electron chi connectivity index (χ4n) is 3.27. The first-order valence-electron chi connectivity index (χ1n) is 5.84. The maximum atomic E-state index is 11.3. The van der Waals surface area contributed by atoms with Gasteiger partial charge in [-0.15, -0.1) is 0 Å². The highest BCUT2D eigenvalue weighted by molar-refractivity contribution is 6.35. The monoisotopic (exact) mass is 283 g/mol. The molecule has 0 aromatic heterocycles. The van der Waals surface area contributed by atoms with Crippen LogP contribution in [0.4, 0.5) is 0 Å². The summed E-state index contributed by atoms with van der Waals surface area (Å²) in [6, 6.07) is 4.67. The van der Waals surface area contributed by atoms with E-state index in [2.05, 4.69) is 6.08 Å². The van der Waals surface area contributed by atoms with Gasteiger partial charge in [0.15, 0.2) is 0 Å². The van der Waals surface area contributed by atoms with Gasteiger partial charge in [0.25, 0.3) is 0 Å². The average molecular weight is 284 g/mol. The Morgan fingerprint density at radius 3 is 2.61 bits per heavy atom. The van der Waals surface area contributed by atoms with Gasteiger partial charge in [0.1, 0.15) is 0 Å². The number of halogens is 2. The molecule has 0 aliphatic heterocycles. The third kappa shape index (κ3) is 1.73. The minimum absolute atomic E-state index is 0.0433. The van der Waals surface area contributed by atoms with Crippen molar-refractivity contribution < 1.29 is 4.92 Å². The van der Waals surface area contributed by atoms with Crippen LogP contribution in [-0.2, 0) is 0 Å². The van der Waals surface area contributed by atoms with Gasteiger partial charge in [-0.2, -0.15) is 0 Å². The van der Waals surface area contributed by atoms with Crippen LogP contribution in [-0.4, -0.2) is 11.0 Å². The van der Waals surface area contributed by atoms with Crippen molar-refractivity contribution in [3.05, 3.63) is 56.1 Å². The summed E-state index contributed by atoms with van der Waals surface area (Å²) in [5.41, 5.74) is 0.847. The third-order valence-corrected chi connectivity index (χ3v) is 4.55. The molecule has 0 heterocycles. The summed E-state index contributed by atoms with van der Waals surface area (Å²) >= 11 is 12.1. The molecule has 2 aliphatic carbocycles. The van der Waals surface area contributed by atoms with Crippen LogP contribution in [0.2, 0.25) is 10.0 Å². The van der Waals surface area contributed by atoms with Crippen LogP contribution >= 0.6 is 23.2 Å². The molecule has 3 rings (SSSR count). The molecule has 0 unspecified atom stereocenters. The first-order chi connectivity index (χ1) is 8.58. The van der Waals surface area contributed by atoms with E-state index in [9.17, 15) is 10.1 Å². The summed E-state index contributed by atoms with van der Waals surface area (Å²) in [4.78, 5) is 11.1. The predicted octanol–water partition coefficient (Wildman–Crippen LogP) is 3.93. The number of benzene rings is 1. The predicted molar refractivity (Wildman–Crippen MR) is 70.7 cm³/mol. The van der Waals surface area contributed by atoms with Gasteiger partial charge in [0.05, 0.1) is 5.92 Å². The molecule has 1 aromatic carbocycles. The lowest BCUT2D eigenvalue weighted by atomic mass is 9.83. The number of nitrogens with zero attached hydrogens (tertiary/aromatic N) is 1. The number of nitro groups is 1. The molecule has 0 spiro atoms. The van der Waals surface area contributed by atoms with E-state index in [0.29, 0.717) is 10.0 Å². The molecule has 1 fully saturated rings. The molecular weight excluding hydrogens is 273 g/mol. The van der Waals surface area contributed by atoms with Gasteiger partial charge >= 0.3 is 0 Å². The lowest BCUT2D eigenvalue weighted by Crippen LogP contribution is -2.31. The molecule has 4 atom stereocenters. The zero-order valence-electron chi connectivity index (χ0n) is 9.42. The fourth-order valence-corrected chi connectivity index (χ4v) is 3.80. The Morgan fingerprint density at radius 1 is 1.22 bits per heavy atom. The summed E-state index contributed by atoms with van der Waals surface area (Å²) < 4.78 is 0. The topological polar surface area (TPSA) is 43.1 Å². The highest BCUT2D eigenvalue weighted by atomic mass is 35.5. The number of hydrogen-bond acceptors (Lipinski definition) is 2. The molecule has 0 radical (unpaired) electrons. The molecule has 94 valence electrons. The lowest BCUT2D eigenvalue weighted by Gasteiger charge is -2.23. The molecule has 3 nitrogen and oxygen atoms in total. The van der Waals surface area contributed by atoms with Gasteiger partial charge in [0, 0.05) is 20.9 Å². The number of allylic oxidation sites excluding steroid dienone is 1. The summed E-state index contributed by atoms with van der Waals surface area (Å²) in [6.07, 6.45) is 4.91. The van der Waals surface area contributed by atoms with Crippen LogP contribution in [0.15, 0.2) is 30.4 Å². The van der Waals surface area contributed by atoms with Crippen LogP contribution in [0, 0.1) is 22.0 Å². The van der Waals surface area contributed by atoms with Crippen LogP contribution in [0.25, 0.3) is 0 Å². The molecule has 5 heteroatoms. The van der Waals surface area contributed by atoms with Crippen molar-refractivity contribution in [3.63, 3.8) is 0 Å². The van der Waals surface area contributed by atoms with E-state index in [1.54, 1.807) is 12.1 Å².